The highest BCUT2D eigenvalue weighted by Crippen LogP contribution is 2.16. The van der Waals surface area contributed by atoms with Crippen molar-refractivity contribution < 1.29 is 4.79 Å². The number of H-pyrrole nitrogens is 1. The van der Waals surface area contributed by atoms with Crippen molar-refractivity contribution in [1.29, 1.82) is 0 Å². The van der Waals surface area contributed by atoms with E-state index in [1.54, 1.807) is 23.6 Å². The zero-order valence-electron chi connectivity index (χ0n) is 9.02. The van der Waals surface area contributed by atoms with E-state index in [-0.39, 0.29) is 5.78 Å². The zero-order valence-corrected chi connectivity index (χ0v) is 9.84. The highest BCUT2D eigenvalue weighted by atomic mass is 32.1. The fourth-order valence-corrected chi connectivity index (χ4v) is 1.59. The van der Waals surface area contributed by atoms with E-state index in [2.05, 4.69) is 10.2 Å². The summed E-state index contributed by atoms with van der Waals surface area (Å²) in [6, 6.07) is 7.30. The average molecular weight is 233 g/mol. The number of rotatable bonds is 2. The Morgan fingerprint density at radius 1 is 1.38 bits per heavy atom. The molecule has 1 N–H and O–H groups in total. The van der Waals surface area contributed by atoms with Gasteiger partial charge in [-0.3, -0.25) is 9.89 Å². The minimum Gasteiger partial charge on any atom is -0.303 e. The summed E-state index contributed by atoms with van der Waals surface area (Å²) >= 11 is 5.03. The van der Waals surface area contributed by atoms with Crippen LogP contribution in [0.4, 0.5) is 0 Å². The van der Waals surface area contributed by atoms with E-state index in [4.69, 9.17) is 12.2 Å². The minimum absolute atomic E-state index is 0.0573. The highest BCUT2D eigenvalue weighted by molar-refractivity contribution is 7.71. The smallest absolute Gasteiger partial charge is 0.195 e. The number of hydrogen-bond donors (Lipinski definition) is 1. The van der Waals surface area contributed by atoms with Crippen molar-refractivity contribution in [2.24, 2.45) is 7.05 Å². The normalized spacial score (nSPS) is 10.4. The van der Waals surface area contributed by atoms with Crippen LogP contribution < -0.4 is 0 Å². The van der Waals surface area contributed by atoms with Crippen LogP contribution in [0.5, 0.6) is 0 Å². The molecule has 2 aromatic rings. The molecule has 0 radical (unpaired) electrons. The Labute approximate surface area is 97.9 Å². The lowest BCUT2D eigenvalue weighted by Gasteiger charge is -2.01. The summed E-state index contributed by atoms with van der Waals surface area (Å²) in [4.78, 5) is 11.1. The predicted molar refractivity (Wildman–Crippen MR) is 63.8 cm³/mol. The second kappa shape index (κ2) is 4.02. The van der Waals surface area contributed by atoms with Gasteiger partial charge in [0.25, 0.3) is 0 Å². The van der Waals surface area contributed by atoms with Crippen molar-refractivity contribution in [3.8, 4) is 11.4 Å². The summed E-state index contributed by atoms with van der Waals surface area (Å²) < 4.78 is 2.36. The molecule has 0 amide bonds. The van der Waals surface area contributed by atoms with Crippen molar-refractivity contribution in [1.82, 2.24) is 14.8 Å². The maximum atomic E-state index is 11.1. The first-order valence-electron chi connectivity index (χ1n) is 4.82. The second-order valence-corrected chi connectivity index (χ2v) is 3.93. The van der Waals surface area contributed by atoms with E-state index in [1.165, 1.54) is 0 Å². The third kappa shape index (κ3) is 1.81. The van der Waals surface area contributed by atoms with Crippen LogP contribution in [0.2, 0.25) is 0 Å². The number of nitrogens with zero attached hydrogens (tertiary/aromatic N) is 2. The molecule has 0 unspecified atom stereocenters. The Morgan fingerprint density at radius 2 is 2.00 bits per heavy atom. The Morgan fingerprint density at radius 3 is 2.44 bits per heavy atom. The van der Waals surface area contributed by atoms with Gasteiger partial charge in [-0.2, -0.15) is 5.10 Å². The second-order valence-electron chi connectivity index (χ2n) is 3.54. The van der Waals surface area contributed by atoms with Crippen LogP contribution in [0.3, 0.4) is 0 Å². The largest absolute Gasteiger partial charge is 0.303 e. The standard InChI is InChI=1S/C11H11N3OS/c1-7(15)8-3-5-9(6-4-8)10-12-13-11(16)14(10)2/h3-6H,1-2H3,(H,13,16). The molecule has 82 valence electrons. The molecule has 1 aromatic heterocycles. The molecular formula is C11H11N3OS. The number of nitrogens with one attached hydrogen (secondary N) is 1. The van der Waals surface area contributed by atoms with Gasteiger partial charge < -0.3 is 4.57 Å². The van der Waals surface area contributed by atoms with E-state index in [9.17, 15) is 4.79 Å². The first-order valence-corrected chi connectivity index (χ1v) is 5.23. The van der Waals surface area contributed by atoms with Gasteiger partial charge >= 0.3 is 0 Å². The number of aromatic amines is 1. The van der Waals surface area contributed by atoms with Crippen LogP contribution in [0.1, 0.15) is 17.3 Å². The van der Waals surface area contributed by atoms with Gasteiger partial charge in [0, 0.05) is 18.2 Å². The molecule has 1 heterocycles. The minimum atomic E-state index is 0.0573. The molecule has 0 saturated carbocycles. The first kappa shape index (κ1) is 10.8. The Bertz CT molecular complexity index is 580. The topological polar surface area (TPSA) is 50.7 Å². The number of Topliss-reactive ketones (excluding diaryl/α,β-unsaturated/α-hetero) is 1. The predicted octanol–water partition coefficient (Wildman–Crippen LogP) is 2.35. The molecular weight excluding hydrogens is 222 g/mol. The van der Waals surface area contributed by atoms with Crippen molar-refractivity contribution in [3.63, 3.8) is 0 Å². The van der Waals surface area contributed by atoms with Crippen LogP contribution in [-0.4, -0.2) is 20.5 Å². The summed E-state index contributed by atoms with van der Waals surface area (Å²) in [5.74, 6) is 0.821. The SMILES string of the molecule is CC(=O)c1ccc(-c2n[nH]c(=S)n2C)cc1. The van der Waals surface area contributed by atoms with Crippen LogP contribution in [0.25, 0.3) is 11.4 Å². The van der Waals surface area contributed by atoms with Crippen LogP contribution in [-0.2, 0) is 7.05 Å². The van der Waals surface area contributed by atoms with Gasteiger partial charge in [-0.1, -0.05) is 24.3 Å². The summed E-state index contributed by atoms with van der Waals surface area (Å²) in [5.41, 5.74) is 1.63. The fourth-order valence-electron chi connectivity index (χ4n) is 1.46. The highest BCUT2D eigenvalue weighted by Gasteiger charge is 2.06. The van der Waals surface area contributed by atoms with Crippen LogP contribution in [0, 0.1) is 4.77 Å². The molecule has 0 aliphatic carbocycles. The average Bonchev–Trinajstić information content (AvgIpc) is 2.60. The molecule has 1 aromatic carbocycles. The third-order valence-electron chi connectivity index (χ3n) is 2.43. The molecule has 16 heavy (non-hydrogen) atoms. The summed E-state index contributed by atoms with van der Waals surface area (Å²) in [5, 5.41) is 6.84. The van der Waals surface area contributed by atoms with Gasteiger partial charge in [-0.05, 0) is 19.1 Å². The van der Waals surface area contributed by atoms with Crippen LogP contribution >= 0.6 is 12.2 Å². The van der Waals surface area contributed by atoms with Gasteiger partial charge in [0.2, 0.25) is 0 Å². The van der Waals surface area contributed by atoms with Gasteiger partial charge in [0.1, 0.15) is 0 Å². The molecule has 0 spiro atoms. The Hall–Kier alpha value is -1.75. The maximum absolute atomic E-state index is 11.1. The number of carbonyl (C=O) groups is 1. The van der Waals surface area contributed by atoms with E-state index in [1.807, 2.05) is 19.2 Å². The first-order chi connectivity index (χ1) is 7.59. The van der Waals surface area contributed by atoms with Gasteiger partial charge in [0.05, 0.1) is 0 Å². The van der Waals surface area contributed by atoms with E-state index in [0.29, 0.717) is 10.3 Å². The summed E-state index contributed by atoms with van der Waals surface area (Å²) in [6.45, 7) is 1.55. The number of benzene rings is 1. The quantitative estimate of drug-likeness (QED) is 0.640. The van der Waals surface area contributed by atoms with E-state index in [0.717, 1.165) is 11.4 Å². The molecule has 0 atom stereocenters. The molecule has 0 aliphatic heterocycles. The summed E-state index contributed by atoms with van der Waals surface area (Å²) in [7, 11) is 1.85. The number of aromatic nitrogens is 3. The fraction of sp³-hybridized carbons (Fsp3) is 0.182. The van der Waals surface area contributed by atoms with Gasteiger partial charge in [0.15, 0.2) is 16.4 Å². The van der Waals surface area contributed by atoms with Crippen molar-refractivity contribution in [3.05, 3.63) is 34.6 Å². The van der Waals surface area contributed by atoms with Gasteiger partial charge in [-0.25, -0.2) is 0 Å². The molecule has 5 heteroatoms. The monoisotopic (exact) mass is 233 g/mol. The Kier molecular flexibility index (Phi) is 2.70. The van der Waals surface area contributed by atoms with E-state index >= 15 is 0 Å². The molecule has 0 aliphatic rings. The zero-order chi connectivity index (χ0) is 11.7. The summed E-state index contributed by atoms with van der Waals surface area (Å²) in [6.07, 6.45) is 0. The molecule has 0 fully saturated rings. The van der Waals surface area contributed by atoms with Crippen molar-refractivity contribution >= 4 is 18.0 Å². The Balaban J connectivity index is 2.46. The van der Waals surface area contributed by atoms with Crippen molar-refractivity contribution in [2.45, 2.75) is 6.92 Å². The molecule has 2 rings (SSSR count). The lowest BCUT2D eigenvalue weighted by molar-refractivity contribution is 0.101. The van der Waals surface area contributed by atoms with E-state index < -0.39 is 0 Å². The third-order valence-corrected chi connectivity index (χ3v) is 2.79. The molecule has 4 nitrogen and oxygen atoms in total. The number of ketones is 1. The molecule has 0 saturated heterocycles. The molecule has 0 bridgehead atoms. The lowest BCUT2D eigenvalue weighted by Crippen LogP contribution is -1.94. The van der Waals surface area contributed by atoms with Crippen LogP contribution in [0.15, 0.2) is 24.3 Å². The van der Waals surface area contributed by atoms with Crippen molar-refractivity contribution in [2.75, 3.05) is 0 Å². The number of carbonyl (C=O) groups excluding carboxylic acids is 1. The number of hydrogen-bond acceptors (Lipinski definition) is 3. The maximum Gasteiger partial charge on any atom is 0.195 e. The van der Waals surface area contributed by atoms with Gasteiger partial charge in [-0.15, -0.1) is 0 Å². The lowest BCUT2D eigenvalue weighted by atomic mass is 10.1.